The maximum absolute atomic E-state index is 10.1. The lowest BCUT2D eigenvalue weighted by Crippen LogP contribution is -2.49. The van der Waals surface area contributed by atoms with Gasteiger partial charge in [0.25, 0.3) is 0 Å². The fraction of sp³-hybridized carbons (Fsp3) is 0.750. The molecule has 0 aliphatic carbocycles. The molecule has 0 radical (unpaired) electrons. The molecule has 0 saturated heterocycles. The number of hydrogen-bond donors (Lipinski definition) is 5. The van der Waals surface area contributed by atoms with Crippen molar-refractivity contribution in [2.75, 3.05) is 6.54 Å². The van der Waals surface area contributed by atoms with Crippen LogP contribution >= 0.6 is 0 Å². The first-order valence-corrected chi connectivity index (χ1v) is 2.91. The van der Waals surface area contributed by atoms with Gasteiger partial charge in [0.2, 0.25) is 0 Å². The van der Waals surface area contributed by atoms with E-state index in [2.05, 4.69) is 16.3 Å². The van der Waals surface area contributed by atoms with Gasteiger partial charge in [-0.1, -0.05) is 0 Å². The normalized spacial score (nSPS) is 12.6. The van der Waals surface area contributed by atoms with E-state index < -0.39 is 6.03 Å². The molecular weight excluding hydrogens is 134 g/mol. The summed E-state index contributed by atoms with van der Waals surface area (Å²) in [4.78, 5) is 10.1. The number of amides is 2. The molecule has 6 heteroatoms. The van der Waals surface area contributed by atoms with Crippen molar-refractivity contribution in [3.8, 4) is 0 Å². The molecule has 1 unspecified atom stereocenters. The Kier molecular flexibility index (Phi) is 4.55. The van der Waals surface area contributed by atoms with E-state index in [-0.39, 0.29) is 6.04 Å². The first kappa shape index (κ1) is 9.15. The summed E-state index contributed by atoms with van der Waals surface area (Å²) in [5.74, 6) is 5.00. The van der Waals surface area contributed by atoms with Crippen LogP contribution in [0.3, 0.4) is 0 Å². The molecule has 0 aromatic rings. The van der Waals surface area contributed by atoms with Gasteiger partial charge in [-0.25, -0.2) is 10.2 Å². The van der Waals surface area contributed by atoms with Gasteiger partial charge in [-0.2, -0.15) is 0 Å². The van der Waals surface area contributed by atoms with Crippen LogP contribution in [0, 0.1) is 0 Å². The lowest BCUT2D eigenvalue weighted by molar-refractivity contribution is 0.242. The lowest BCUT2D eigenvalue weighted by Gasteiger charge is -2.11. The number of rotatable bonds is 4. The highest BCUT2D eigenvalue weighted by Gasteiger charge is 1.98. The Balaban J connectivity index is 3.21. The number of nitrogens with two attached hydrogens (primary N) is 2. The van der Waals surface area contributed by atoms with Gasteiger partial charge < -0.3 is 5.73 Å². The van der Waals surface area contributed by atoms with Crippen LogP contribution in [0.2, 0.25) is 0 Å². The molecule has 1 atom stereocenters. The standard InChI is InChI=1S/C4H13N5O/c1-3(2-7-6)8-9-4(5)10/h3,7-8H,2,6H2,1H3,(H3,5,9,10). The number of primary amides is 1. The summed E-state index contributed by atoms with van der Waals surface area (Å²) in [6.07, 6.45) is 0. The fourth-order valence-electron chi connectivity index (χ4n) is 0.422. The van der Waals surface area contributed by atoms with Crippen molar-refractivity contribution >= 4 is 6.03 Å². The number of hydrazine groups is 2. The van der Waals surface area contributed by atoms with Gasteiger partial charge >= 0.3 is 6.03 Å². The van der Waals surface area contributed by atoms with Crippen LogP contribution in [0.5, 0.6) is 0 Å². The van der Waals surface area contributed by atoms with Crippen molar-refractivity contribution in [2.45, 2.75) is 13.0 Å². The van der Waals surface area contributed by atoms with E-state index in [0.717, 1.165) is 0 Å². The second-order valence-corrected chi connectivity index (χ2v) is 1.94. The van der Waals surface area contributed by atoms with E-state index in [1.165, 1.54) is 0 Å². The molecule has 0 aromatic heterocycles. The average molecular weight is 147 g/mol. The maximum atomic E-state index is 10.1. The van der Waals surface area contributed by atoms with E-state index in [9.17, 15) is 4.79 Å². The zero-order valence-corrected chi connectivity index (χ0v) is 5.85. The van der Waals surface area contributed by atoms with Crippen LogP contribution in [-0.2, 0) is 0 Å². The van der Waals surface area contributed by atoms with Crippen LogP contribution in [0.1, 0.15) is 6.92 Å². The van der Waals surface area contributed by atoms with Crippen molar-refractivity contribution in [2.24, 2.45) is 11.6 Å². The first-order chi connectivity index (χ1) is 4.66. The number of carbonyl (C=O) groups excluding carboxylic acids is 1. The van der Waals surface area contributed by atoms with Gasteiger partial charge in [-0.3, -0.25) is 16.7 Å². The second kappa shape index (κ2) is 4.98. The van der Waals surface area contributed by atoms with E-state index in [1.54, 1.807) is 0 Å². The highest BCUT2D eigenvalue weighted by molar-refractivity contribution is 5.70. The molecule has 7 N–H and O–H groups in total. The molecule has 0 rings (SSSR count). The minimum atomic E-state index is -0.608. The van der Waals surface area contributed by atoms with Crippen LogP contribution in [0.4, 0.5) is 4.79 Å². The molecule has 0 aromatic carbocycles. The van der Waals surface area contributed by atoms with Crippen LogP contribution in [-0.4, -0.2) is 18.6 Å². The highest BCUT2D eigenvalue weighted by Crippen LogP contribution is 1.71. The third kappa shape index (κ3) is 5.29. The predicted molar refractivity (Wildman–Crippen MR) is 37.5 cm³/mol. The summed E-state index contributed by atoms with van der Waals surface area (Å²) < 4.78 is 0. The number of carbonyl (C=O) groups is 1. The number of urea groups is 1. The van der Waals surface area contributed by atoms with Crippen molar-refractivity contribution in [3.63, 3.8) is 0 Å². The summed E-state index contributed by atoms with van der Waals surface area (Å²) in [5.41, 5.74) is 12.0. The fourth-order valence-corrected chi connectivity index (χ4v) is 0.422. The van der Waals surface area contributed by atoms with Crippen molar-refractivity contribution in [1.82, 2.24) is 16.3 Å². The quantitative estimate of drug-likeness (QED) is 0.234. The topological polar surface area (TPSA) is 105 Å². The van der Waals surface area contributed by atoms with Gasteiger partial charge in [-0.05, 0) is 6.92 Å². The van der Waals surface area contributed by atoms with E-state index in [1.807, 2.05) is 6.92 Å². The van der Waals surface area contributed by atoms with Crippen molar-refractivity contribution < 1.29 is 4.79 Å². The number of nitrogens with one attached hydrogen (secondary N) is 3. The summed E-state index contributed by atoms with van der Waals surface area (Å²) in [5, 5.41) is 0. The number of hydrogen-bond acceptors (Lipinski definition) is 4. The van der Waals surface area contributed by atoms with Gasteiger partial charge in [0, 0.05) is 12.6 Å². The SMILES string of the molecule is CC(CNN)NNC(N)=O. The summed E-state index contributed by atoms with van der Waals surface area (Å²) >= 11 is 0. The smallest absolute Gasteiger partial charge is 0.326 e. The van der Waals surface area contributed by atoms with E-state index in [0.29, 0.717) is 6.54 Å². The molecule has 10 heavy (non-hydrogen) atoms. The molecule has 0 aliphatic rings. The monoisotopic (exact) mass is 147 g/mol. The van der Waals surface area contributed by atoms with Gasteiger partial charge in [0.15, 0.2) is 0 Å². The third-order valence-corrected chi connectivity index (χ3v) is 0.866. The van der Waals surface area contributed by atoms with E-state index in [4.69, 9.17) is 11.6 Å². The van der Waals surface area contributed by atoms with Crippen LogP contribution in [0.15, 0.2) is 0 Å². The average Bonchev–Trinajstić information content (AvgIpc) is 1.85. The minimum absolute atomic E-state index is 0.0532. The molecule has 0 spiro atoms. The molecule has 2 amide bonds. The van der Waals surface area contributed by atoms with Crippen LogP contribution in [0.25, 0.3) is 0 Å². The highest BCUT2D eigenvalue weighted by atomic mass is 16.2. The summed E-state index contributed by atoms with van der Waals surface area (Å²) in [6.45, 7) is 2.40. The third-order valence-electron chi connectivity index (χ3n) is 0.866. The molecular formula is C4H13N5O. The Morgan fingerprint density at radius 3 is 2.70 bits per heavy atom. The zero-order valence-electron chi connectivity index (χ0n) is 5.85. The van der Waals surface area contributed by atoms with Gasteiger partial charge in [0.1, 0.15) is 0 Å². The molecule has 0 aliphatic heterocycles. The lowest BCUT2D eigenvalue weighted by atomic mass is 10.4. The predicted octanol–water partition coefficient (Wildman–Crippen LogP) is -1.99. The largest absolute Gasteiger partial charge is 0.351 e. The molecule has 6 nitrogen and oxygen atoms in total. The van der Waals surface area contributed by atoms with Gasteiger partial charge in [-0.15, -0.1) is 0 Å². The van der Waals surface area contributed by atoms with E-state index >= 15 is 0 Å². The summed E-state index contributed by atoms with van der Waals surface area (Å²) in [6, 6.07) is -0.554. The molecule has 0 bridgehead atoms. The Morgan fingerprint density at radius 1 is 1.70 bits per heavy atom. The van der Waals surface area contributed by atoms with Gasteiger partial charge in [0.05, 0.1) is 0 Å². The Bertz CT molecular complexity index is 106. The molecule has 0 saturated carbocycles. The first-order valence-electron chi connectivity index (χ1n) is 2.91. The van der Waals surface area contributed by atoms with Crippen molar-refractivity contribution in [3.05, 3.63) is 0 Å². The molecule has 60 valence electrons. The Hall–Kier alpha value is -0.850. The zero-order chi connectivity index (χ0) is 7.98. The van der Waals surface area contributed by atoms with Crippen LogP contribution < -0.4 is 27.9 Å². The second-order valence-electron chi connectivity index (χ2n) is 1.94. The summed E-state index contributed by atoms with van der Waals surface area (Å²) in [7, 11) is 0. The Labute approximate surface area is 59.3 Å². The molecule has 0 heterocycles. The maximum Gasteiger partial charge on any atom is 0.326 e. The van der Waals surface area contributed by atoms with Crippen molar-refractivity contribution in [1.29, 1.82) is 0 Å². The Morgan fingerprint density at radius 2 is 2.30 bits per heavy atom. The minimum Gasteiger partial charge on any atom is -0.351 e. The molecule has 0 fully saturated rings.